The van der Waals surface area contributed by atoms with E-state index in [1.165, 1.54) is 35.0 Å². The molecule has 11 nitrogen and oxygen atoms in total. The Kier molecular flexibility index (Phi) is 8.12. The van der Waals surface area contributed by atoms with Gasteiger partial charge in [0.1, 0.15) is 18.4 Å². The van der Waals surface area contributed by atoms with Gasteiger partial charge in [0, 0.05) is 29.3 Å². The normalized spacial score (nSPS) is 12.5. The maximum Gasteiger partial charge on any atom is 0.448 e. The van der Waals surface area contributed by atoms with Crippen LogP contribution in [0, 0.1) is 0 Å². The van der Waals surface area contributed by atoms with E-state index in [9.17, 15) is 35.9 Å². The monoisotopic (exact) mass is 555 g/mol. The van der Waals surface area contributed by atoms with Crippen LogP contribution in [0.3, 0.4) is 0 Å². The fourth-order valence-corrected chi connectivity index (χ4v) is 3.13. The molecule has 0 aliphatic carbocycles. The number of amides is 3. The summed E-state index contributed by atoms with van der Waals surface area (Å²) in [4.78, 5) is 31.6. The van der Waals surface area contributed by atoms with E-state index in [4.69, 9.17) is 11.5 Å². The molecule has 39 heavy (non-hydrogen) atoms. The number of rotatable bonds is 7. The molecular formula is C22H19F6N9O2. The van der Waals surface area contributed by atoms with E-state index < -0.39 is 36.7 Å². The number of aliphatic imine (C=N–C) groups is 1. The number of amidine groups is 1. The van der Waals surface area contributed by atoms with E-state index in [1.54, 1.807) is 5.32 Å². The fourth-order valence-electron chi connectivity index (χ4n) is 3.13. The van der Waals surface area contributed by atoms with E-state index in [-0.39, 0.29) is 33.8 Å². The molecule has 3 rings (SSSR count). The van der Waals surface area contributed by atoms with Gasteiger partial charge in [0.2, 0.25) is 5.84 Å². The van der Waals surface area contributed by atoms with Gasteiger partial charge in [-0.1, -0.05) is 18.7 Å². The number of hydrogen-bond donors (Lipinski definition) is 5. The first-order valence-corrected chi connectivity index (χ1v) is 10.6. The molecule has 2 aromatic heterocycles. The number of urea groups is 1. The van der Waals surface area contributed by atoms with E-state index >= 15 is 0 Å². The lowest BCUT2D eigenvalue weighted by Gasteiger charge is -2.11. The van der Waals surface area contributed by atoms with Crippen LogP contribution < -0.4 is 27.4 Å². The molecule has 0 spiro atoms. The summed E-state index contributed by atoms with van der Waals surface area (Å²) in [5.74, 6) is -2.65. The Hall–Kier alpha value is -5.09. The predicted molar refractivity (Wildman–Crippen MR) is 129 cm³/mol. The molecule has 0 fully saturated rings. The predicted octanol–water partition coefficient (Wildman–Crippen LogP) is 3.34. The summed E-state index contributed by atoms with van der Waals surface area (Å²) >= 11 is 0. The lowest BCUT2D eigenvalue weighted by molar-refractivity contribution is -0.123. The summed E-state index contributed by atoms with van der Waals surface area (Å²) < 4.78 is 76.0. The number of benzene rings is 1. The van der Waals surface area contributed by atoms with Gasteiger partial charge >= 0.3 is 18.4 Å². The number of aromatic nitrogens is 3. The van der Waals surface area contributed by atoms with Crippen LogP contribution in [0.15, 0.2) is 66.3 Å². The number of nitrogens with two attached hydrogens (primary N) is 2. The third-order valence-electron chi connectivity index (χ3n) is 4.78. The van der Waals surface area contributed by atoms with Gasteiger partial charge in [0.25, 0.3) is 5.91 Å². The Balaban J connectivity index is 1.78. The zero-order chi connectivity index (χ0) is 29.0. The maximum absolute atomic E-state index is 12.6. The average Bonchev–Trinajstić information content (AvgIpc) is 3.23. The molecule has 0 bridgehead atoms. The summed E-state index contributed by atoms with van der Waals surface area (Å²) in [6, 6.07) is 4.96. The van der Waals surface area contributed by atoms with Gasteiger partial charge in [-0.05, 0) is 23.8 Å². The highest BCUT2D eigenvalue weighted by Gasteiger charge is 2.33. The van der Waals surface area contributed by atoms with Crippen molar-refractivity contribution in [2.24, 2.45) is 10.7 Å². The molecule has 7 N–H and O–H groups in total. The minimum atomic E-state index is -4.80. The number of nitrogens with zero attached hydrogens (tertiary/aromatic N) is 4. The van der Waals surface area contributed by atoms with Crippen molar-refractivity contribution in [2.45, 2.75) is 12.4 Å². The van der Waals surface area contributed by atoms with Gasteiger partial charge in [-0.3, -0.25) is 4.79 Å². The van der Waals surface area contributed by atoms with E-state index in [1.807, 2.05) is 0 Å². The van der Waals surface area contributed by atoms with Crippen LogP contribution in [0.5, 0.6) is 0 Å². The molecule has 2 heterocycles. The fraction of sp³-hybridized carbons (Fsp3) is 0.136. The molecule has 17 heteroatoms. The Bertz CT molecular complexity index is 1460. The smallest absolute Gasteiger partial charge is 0.382 e. The highest BCUT2D eigenvalue weighted by molar-refractivity contribution is 6.07. The van der Waals surface area contributed by atoms with Crippen LogP contribution in [-0.2, 0) is 0 Å². The summed E-state index contributed by atoms with van der Waals surface area (Å²) in [6.45, 7) is 1.90. The number of anilines is 2. The number of fused-ring (bicyclic) bond motifs is 1. The second-order valence-corrected chi connectivity index (χ2v) is 7.66. The third kappa shape index (κ3) is 7.46. The first-order valence-electron chi connectivity index (χ1n) is 10.6. The van der Waals surface area contributed by atoms with Crippen LogP contribution in [0.25, 0.3) is 16.6 Å². The number of alkyl halides is 6. The summed E-state index contributed by atoms with van der Waals surface area (Å²) in [5, 5.41) is 10.4. The van der Waals surface area contributed by atoms with Crippen molar-refractivity contribution in [3.05, 3.63) is 66.9 Å². The molecule has 3 amide bonds. The van der Waals surface area contributed by atoms with Crippen LogP contribution in [-0.4, -0.2) is 51.3 Å². The van der Waals surface area contributed by atoms with Gasteiger partial charge in [0.05, 0.1) is 5.56 Å². The molecule has 0 radical (unpaired) electrons. The van der Waals surface area contributed by atoms with Crippen LogP contribution in [0.4, 0.5) is 42.6 Å². The van der Waals surface area contributed by atoms with Crippen molar-refractivity contribution in [3.63, 3.8) is 0 Å². The molecule has 0 saturated heterocycles. The third-order valence-corrected chi connectivity index (χ3v) is 4.78. The molecule has 0 aliphatic heterocycles. The van der Waals surface area contributed by atoms with Crippen molar-refractivity contribution < 1.29 is 35.9 Å². The Labute approximate surface area is 215 Å². The Morgan fingerprint density at radius 3 is 2.41 bits per heavy atom. The lowest BCUT2D eigenvalue weighted by atomic mass is 10.0. The maximum atomic E-state index is 12.6. The zero-order valence-corrected chi connectivity index (χ0v) is 19.6. The molecule has 0 atom stereocenters. The second kappa shape index (κ2) is 11.1. The van der Waals surface area contributed by atoms with Crippen molar-refractivity contribution in [2.75, 3.05) is 17.6 Å². The lowest BCUT2D eigenvalue weighted by Crippen LogP contribution is -2.33. The standard InChI is InChI=1S/C22H19F6N9O2/c1-11(6-7-31-19(30)22(26,27)28)35-20(39)36-13-4-2-12(3-5-13)15-14(18(38)32-9-21(23,24)25)8-37-16(15)17(29)33-10-34-37/h2-8,10H,1,9H2,(H2,30,31)(H,32,38)(H2,29,33,34)(H2,35,36,39)/b7-6-. The number of nitrogen functional groups attached to an aromatic ring is 1. The number of carbonyl (C=O) groups is 2. The quantitative estimate of drug-likeness (QED) is 0.130. The van der Waals surface area contributed by atoms with E-state index in [0.717, 1.165) is 12.4 Å². The van der Waals surface area contributed by atoms with Gasteiger partial charge in [-0.2, -0.15) is 31.4 Å². The number of hydrogen-bond acceptors (Lipinski definition) is 6. The van der Waals surface area contributed by atoms with Crippen molar-refractivity contribution in [1.82, 2.24) is 25.2 Å². The first kappa shape index (κ1) is 28.5. The Morgan fingerprint density at radius 1 is 1.13 bits per heavy atom. The molecule has 0 aliphatic rings. The van der Waals surface area contributed by atoms with E-state index in [2.05, 4.69) is 32.3 Å². The van der Waals surface area contributed by atoms with Crippen LogP contribution in [0.1, 0.15) is 10.4 Å². The first-order chi connectivity index (χ1) is 18.2. The molecule has 3 aromatic rings. The molecule has 0 unspecified atom stereocenters. The number of carbonyl (C=O) groups excluding carboxylic acids is 2. The topological polar surface area (TPSA) is 165 Å². The largest absolute Gasteiger partial charge is 0.448 e. The molecule has 1 aromatic carbocycles. The highest BCUT2D eigenvalue weighted by atomic mass is 19.4. The summed E-state index contributed by atoms with van der Waals surface area (Å²) in [5.41, 5.74) is 11.3. The van der Waals surface area contributed by atoms with Gasteiger partial charge in [-0.15, -0.1) is 0 Å². The van der Waals surface area contributed by atoms with Crippen molar-refractivity contribution in [1.29, 1.82) is 0 Å². The van der Waals surface area contributed by atoms with Gasteiger partial charge in [0.15, 0.2) is 5.82 Å². The molecular weight excluding hydrogens is 536 g/mol. The van der Waals surface area contributed by atoms with Crippen LogP contribution in [0.2, 0.25) is 0 Å². The van der Waals surface area contributed by atoms with E-state index in [0.29, 0.717) is 11.8 Å². The van der Waals surface area contributed by atoms with Gasteiger partial charge in [-0.25, -0.2) is 19.3 Å². The highest BCUT2D eigenvalue weighted by Crippen LogP contribution is 2.33. The zero-order valence-electron chi connectivity index (χ0n) is 19.6. The minimum absolute atomic E-state index is 0.0376. The molecule has 206 valence electrons. The minimum Gasteiger partial charge on any atom is -0.382 e. The second-order valence-electron chi connectivity index (χ2n) is 7.66. The summed E-state index contributed by atoms with van der Waals surface area (Å²) in [7, 11) is 0. The Morgan fingerprint density at radius 2 is 1.79 bits per heavy atom. The number of halogens is 6. The summed E-state index contributed by atoms with van der Waals surface area (Å²) in [6.07, 6.45) is -5.43. The average molecular weight is 555 g/mol. The number of allylic oxidation sites excluding steroid dienone is 1. The van der Waals surface area contributed by atoms with Crippen LogP contribution >= 0.6 is 0 Å². The molecule has 0 saturated carbocycles. The van der Waals surface area contributed by atoms with Crippen molar-refractivity contribution >= 4 is 34.8 Å². The SMILES string of the molecule is C=C(/C=C\N=C(N)C(F)(F)F)NC(=O)Nc1ccc(-c2c(C(=O)NCC(F)(F)F)cn3ncnc(N)c23)cc1. The van der Waals surface area contributed by atoms with Gasteiger partial charge < -0.3 is 27.4 Å². The van der Waals surface area contributed by atoms with Crippen molar-refractivity contribution in [3.8, 4) is 11.1 Å². The number of nitrogens with one attached hydrogen (secondary N) is 3.